The highest BCUT2D eigenvalue weighted by Crippen LogP contribution is 2.18. The van der Waals surface area contributed by atoms with Crippen LogP contribution in [-0.4, -0.2) is 37.2 Å². The molecule has 6 heteroatoms. The lowest BCUT2D eigenvalue weighted by atomic mass is 10.0. The molecule has 0 aliphatic carbocycles. The number of ether oxygens (including phenoxy) is 3. The topological polar surface area (TPSA) is 78.9 Å². The first-order chi connectivity index (χ1) is 31.4. The predicted octanol–water partition coefficient (Wildman–Crippen LogP) is 19.0. The largest absolute Gasteiger partial charge is 0.462 e. The molecule has 0 aliphatic heterocycles. The van der Waals surface area contributed by atoms with Gasteiger partial charge in [-0.3, -0.25) is 14.4 Å². The van der Waals surface area contributed by atoms with Gasteiger partial charge in [0.2, 0.25) is 0 Å². The first kappa shape index (κ1) is 62.4. The van der Waals surface area contributed by atoms with Crippen molar-refractivity contribution in [3.05, 3.63) is 0 Å². The lowest BCUT2D eigenvalue weighted by Crippen LogP contribution is -2.30. The van der Waals surface area contributed by atoms with Crippen LogP contribution in [0, 0.1) is 5.92 Å². The van der Waals surface area contributed by atoms with Crippen LogP contribution >= 0.6 is 0 Å². The Morgan fingerprint density at radius 3 is 0.766 bits per heavy atom. The van der Waals surface area contributed by atoms with E-state index in [4.69, 9.17) is 14.2 Å². The first-order valence-corrected chi connectivity index (χ1v) is 28.9. The van der Waals surface area contributed by atoms with Gasteiger partial charge in [-0.2, -0.15) is 0 Å². The van der Waals surface area contributed by atoms with E-state index in [1.165, 1.54) is 225 Å². The molecule has 0 aromatic rings. The van der Waals surface area contributed by atoms with E-state index >= 15 is 0 Å². The molecule has 0 radical (unpaired) electrons. The lowest BCUT2D eigenvalue weighted by Gasteiger charge is -2.18. The first-order valence-electron chi connectivity index (χ1n) is 28.9. The highest BCUT2D eigenvalue weighted by Gasteiger charge is 2.19. The Bertz CT molecular complexity index is 964. The van der Waals surface area contributed by atoms with Gasteiger partial charge in [0.05, 0.1) is 0 Å². The Morgan fingerprint density at radius 1 is 0.297 bits per heavy atom. The maximum absolute atomic E-state index is 12.8. The summed E-state index contributed by atoms with van der Waals surface area (Å²) in [5.41, 5.74) is 0. The number of rotatable bonds is 53. The summed E-state index contributed by atoms with van der Waals surface area (Å²) in [5.74, 6) is 0.00337. The van der Waals surface area contributed by atoms with Gasteiger partial charge in [0, 0.05) is 19.3 Å². The number of unbranched alkanes of at least 4 members (excludes halogenated alkanes) is 40. The van der Waals surface area contributed by atoms with Crippen LogP contribution in [0.5, 0.6) is 0 Å². The summed E-state index contributed by atoms with van der Waals surface area (Å²) in [7, 11) is 0. The molecule has 380 valence electrons. The van der Waals surface area contributed by atoms with Crippen LogP contribution in [-0.2, 0) is 28.6 Å². The minimum absolute atomic E-state index is 0.0618. The van der Waals surface area contributed by atoms with Crippen LogP contribution in [0.3, 0.4) is 0 Å². The summed E-state index contributed by atoms with van der Waals surface area (Å²) in [5, 5.41) is 0. The van der Waals surface area contributed by atoms with Crippen LogP contribution < -0.4 is 0 Å². The minimum atomic E-state index is -0.762. The highest BCUT2D eigenvalue weighted by molar-refractivity contribution is 5.71. The summed E-state index contributed by atoms with van der Waals surface area (Å²) in [6.45, 7) is 9.06. The van der Waals surface area contributed by atoms with E-state index in [-0.39, 0.29) is 31.1 Å². The molecule has 0 aromatic carbocycles. The van der Waals surface area contributed by atoms with Crippen LogP contribution in [0.4, 0.5) is 0 Å². The van der Waals surface area contributed by atoms with Crippen molar-refractivity contribution in [1.82, 2.24) is 0 Å². The predicted molar refractivity (Wildman–Crippen MR) is 275 cm³/mol. The van der Waals surface area contributed by atoms with E-state index in [1.807, 2.05) is 0 Å². The minimum Gasteiger partial charge on any atom is -0.462 e. The van der Waals surface area contributed by atoms with Crippen molar-refractivity contribution < 1.29 is 28.6 Å². The molecule has 64 heavy (non-hydrogen) atoms. The monoisotopic (exact) mass is 905 g/mol. The summed E-state index contributed by atoms with van der Waals surface area (Å²) in [6, 6.07) is 0. The van der Waals surface area contributed by atoms with Crippen LogP contribution in [0.1, 0.15) is 329 Å². The van der Waals surface area contributed by atoms with Crippen molar-refractivity contribution in [1.29, 1.82) is 0 Å². The van der Waals surface area contributed by atoms with E-state index in [2.05, 4.69) is 27.7 Å². The van der Waals surface area contributed by atoms with Crippen molar-refractivity contribution >= 4 is 17.9 Å². The summed E-state index contributed by atoms with van der Waals surface area (Å²) < 4.78 is 16.9. The second-order valence-electron chi connectivity index (χ2n) is 20.4. The average molecular weight is 906 g/mol. The molecule has 0 saturated carbocycles. The second-order valence-corrected chi connectivity index (χ2v) is 20.4. The van der Waals surface area contributed by atoms with E-state index in [1.54, 1.807) is 0 Å². The zero-order valence-corrected chi connectivity index (χ0v) is 43.8. The number of hydrogen-bond acceptors (Lipinski definition) is 6. The van der Waals surface area contributed by atoms with Crippen molar-refractivity contribution in [2.45, 2.75) is 336 Å². The molecule has 1 atom stereocenters. The molecule has 0 saturated heterocycles. The summed E-state index contributed by atoms with van der Waals surface area (Å²) in [4.78, 5) is 38.1. The van der Waals surface area contributed by atoms with E-state index < -0.39 is 6.10 Å². The van der Waals surface area contributed by atoms with Crippen molar-refractivity contribution in [2.75, 3.05) is 13.2 Å². The average Bonchev–Trinajstić information content (AvgIpc) is 3.28. The van der Waals surface area contributed by atoms with Gasteiger partial charge in [-0.05, 0) is 25.2 Å². The van der Waals surface area contributed by atoms with Gasteiger partial charge in [0.25, 0.3) is 0 Å². The third-order valence-electron chi connectivity index (χ3n) is 13.3. The van der Waals surface area contributed by atoms with Crippen molar-refractivity contribution in [3.63, 3.8) is 0 Å². The molecule has 0 rings (SSSR count). The zero-order valence-electron chi connectivity index (χ0n) is 43.8. The molecule has 6 nitrogen and oxygen atoms in total. The van der Waals surface area contributed by atoms with Crippen LogP contribution in [0.15, 0.2) is 0 Å². The van der Waals surface area contributed by atoms with Gasteiger partial charge in [-0.15, -0.1) is 0 Å². The van der Waals surface area contributed by atoms with Crippen molar-refractivity contribution in [2.24, 2.45) is 5.92 Å². The third kappa shape index (κ3) is 51.4. The number of esters is 3. The van der Waals surface area contributed by atoms with Gasteiger partial charge >= 0.3 is 17.9 Å². The molecule has 0 spiro atoms. The fourth-order valence-electron chi connectivity index (χ4n) is 8.92. The quantitative estimate of drug-likeness (QED) is 0.0344. The van der Waals surface area contributed by atoms with Crippen LogP contribution in [0.25, 0.3) is 0 Å². The van der Waals surface area contributed by atoms with Gasteiger partial charge in [-0.1, -0.05) is 291 Å². The van der Waals surface area contributed by atoms with Crippen LogP contribution in [0.2, 0.25) is 0 Å². The Morgan fingerprint density at radius 2 is 0.516 bits per heavy atom. The molecule has 0 heterocycles. The lowest BCUT2D eigenvalue weighted by molar-refractivity contribution is -0.167. The van der Waals surface area contributed by atoms with E-state index in [0.29, 0.717) is 19.3 Å². The molecule has 0 fully saturated rings. The van der Waals surface area contributed by atoms with Gasteiger partial charge in [0.15, 0.2) is 6.10 Å². The smallest absolute Gasteiger partial charge is 0.306 e. The number of carbonyl (C=O) groups is 3. The molecule has 0 aliphatic rings. The Hall–Kier alpha value is -1.59. The second kappa shape index (κ2) is 52.4. The number of hydrogen-bond donors (Lipinski definition) is 0. The third-order valence-corrected chi connectivity index (χ3v) is 13.3. The van der Waals surface area contributed by atoms with Gasteiger partial charge < -0.3 is 14.2 Å². The Labute approximate surface area is 399 Å². The van der Waals surface area contributed by atoms with E-state index in [9.17, 15) is 14.4 Å². The standard InChI is InChI=1S/C58H112O6/c1-5-7-9-11-13-15-17-19-21-22-26-30-34-38-42-46-50-57(60)63-53-55(52-62-56(59)49-45-41-37-33-29-25-20-18-16-14-12-10-8-6-2)64-58(61)51-47-43-39-35-31-27-23-24-28-32-36-40-44-48-54(3)4/h54-55H,5-53H2,1-4H3/t55-/m1/s1. The zero-order chi connectivity index (χ0) is 46.7. The van der Waals surface area contributed by atoms with Gasteiger partial charge in [0.1, 0.15) is 13.2 Å². The maximum atomic E-state index is 12.8. The number of carbonyl (C=O) groups excluding carboxylic acids is 3. The molecule has 0 unspecified atom stereocenters. The molecule has 0 amide bonds. The van der Waals surface area contributed by atoms with Gasteiger partial charge in [-0.25, -0.2) is 0 Å². The SMILES string of the molecule is CCCCCCCCCCCCCCCCCCC(=O)OC[C@@H](COC(=O)CCCCCCCCCCCCCCCC)OC(=O)CCCCCCCCCCCCCCCC(C)C. The molecule has 0 bridgehead atoms. The normalized spacial score (nSPS) is 12.0. The molecular weight excluding hydrogens is 793 g/mol. The highest BCUT2D eigenvalue weighted by atomic mass is 16.6. The molecule has 0 N–H and O–H groups in total. The molecule has 0 aromatic heterocycles. The molecular formula is C58H112O6. The van der Waals surface area contributed by atoms with Crippen molar-refractivity contribution in [3.8, 4) is 0 Å². The fourth-order valence-corrected chi connectivity index (χ4v) is 8.92. The summed E-state index contributed by atoms with van der Waals surface area (Å²) in [6.07, 6.45) is 56.6. The Kier molecular flexibility index (Phi) is 51.1. The fraction of sp³-hybridized carbons (Fsp3) is 0.948. The maximum Gasteiger partial charge on any atom is 0.306 e. The Balaban J connectivity index is 4.30. The summed E-state index contributed by atoms with van der Waals surface area (Å²) >= 11 is 0. The van der Waals surface area contributed by atoms with E-state index in [0.717, 1.165) is 63.7 Å².